The second-order valence-corrected chi connectivity index (χ2v) is 7.76. The van der Waals surface area contributed by atoms with Crippen molar-refractivity contribution in [2.75, 3.05) is 18.4 Å². The molecule has 21 heavy (non-hydrogen) atoms. The van der Waals surface area contributed by atoms with E-state index in [9.17, 15) is 4.79 Å². The molecule has 3 rings (SSSR count). The van der Waals surface area contributed by atoms with Crippen LogP contribution in [0.4, 0.5) is 5.13 Å². The fourth-order valence-corrected chi connectivity index (χ4v) is 4.17. The zero-order valence-electron chi connectivity index (χ0n) is 13.0. The van der Waals surface area contributed by atoms with E-state index in [1.165, 1.54) is 12.8 Å². The molecule has 1 aromatic heterocycles. The number of aromatic nitrogens is 1. The molecule has 2 heterocycles. The molecule has 1 aromatic rings. The van der Waals surface area contributed by atoms with Gasteiger partial charge in [0, 0.05) is 30.9 Å². The standard InChI is InChI=1S/C16H25N3OS/c1-11-6-12(2)8-19(7-11)9-14-10-21-16(17-14)18-15(20)13-4-3-5-13/h10-13H,3-9H2,1-2H3,(H,17,18,20)/t11-,12+. The first-order valence-electron chi connectivity index (χ1n) is 8.07. The predicted octanol–water partition coefficient (Wildman–Crippen LogP) is 3.36. The van der Waals surface area contributed by atoms with Crippen molar-refractivity contribution in [1.82, 2.24) is 9.88 Å². The van der Waals surface area contributed by atoms with E-state index in [0.29, 0.717) is 0 Å². The Morgan fingerprint density at radius 1 is 1.38 bits per heavy atom. The molecule has 1 aliphatic carbocycles. The fourth-order valence-electron chi connectivity index (χ4n) is 3.47. The highest BCUT2D eigenvalue weighted by Crippen LogP contribution is 2.28. The molecule has 0 spiro atoms. The lowest BCUT2D eigenvalue weighted by atomic mass is 9.85. The van der Waals surface area contributed by atoms with E-state index in [2.05, 4.69) is 34.4 Å². The highest BCUT2D eigenvalue weighted by Gasteiger charge is 2.26. The highest BCUT2D eigenvalue weighted by molar-refractivity contribution is 7.13. The monoisotopic (exact) mass is 307 g/mol. The first kappa shape index (κ1) is 15.0. The fraction of sp³-hybridized carbons (Fsp3) is 0.750. The quantitative estimate of drug-likeness (QED) is 0.927. The van der Waals surface area contributed by atoms with Crippen LogP contribution in [0.3, 0.4) is 0 Å². The number of likely N-dealkylation sites (tertiary alicyclic amines) is 1. The first-order chi connectivity index (χ1) is 10.1. The molecule has 5 heteroatoms. The van der Waals surface area contributed by atoms with Crippen LogP contribution < -0.4 is 5.32 Å². The van der Waals surface area contributed by atoms with E-state index in [4.69, 9.17) is 0 Å². The molecule has 1 amide bonds. The summed E-state index contributed by atoms with van der Waals surface area (Å²) in [6, 6.07) is 0. The van der Waals surface area contributed by atoms with E-state index in [1.807, 2.05) is 0 Å². The van der Waals surface area contributed by atoms with Crippen LogP contribution >= 0.6 is 11.3 Å². The third-order valence-electron chi connectivity index (χ3n) is 4.59. The Hall–Kier alpha value is -0.940. The Morgan fingerprint density at radius 3 is 2.71 bits per heavy atom. The lowest BCUT2D eigenvalue weighted by Gasteiger charge is -2.34. The SMILES string of the molecule is C[C@@H]1C[C@H](C)CN(Cc2csc(NC(=O)C3CCC3)n2)C1. The molecule has 1 N–H and O–H groups in total. The third-order valence-corrected chi connectivity index (χ3v) is 5.39. The summed E-state index contributed by atoms with van der Waals surface area (Å²) in [6.45, 7) is 7.88. The van der Waals surface area contributed by atoms with Gasteiger partial charge in [-0.1, -0.05) is 20.3 Å². The molecule has 0 unspecified atom stereocenters. The van der Waals surface area contributed by atoms with Crippen LogP contribution in [-0.2, 0) is 11.3 Å². The maximum absolute atomic E-state index is 11.9. The number of thiazole rings is 1. The number of carbonyl (C=O) groups is 1. The van der Waals surface area contributed by atoms with Crippen LogP contribution in [0.5, 0.6) is 0 Å². The van der Waals surface area contributed by atoms with Gasteiger partial charge in [0.1, 0.15) is 0 Å². The van der Waals surface area contributed by atoms with Crippen LogP contribution in [0.25, 0.3) is 0 Å². The Bertz CT molecular complexity index is 487. The Kier molecular flexibility index (Phi) is 4.60. The van der Waals surface area contributed by atoms with Gasteiger partial charge in [-0.3, -0.25) is 9.69 Å². The van der Waals surface area contributed by atoms with E-state index in [-0.39, 0.29) is 11.8 Å². The van der Waals surface area contributed by atoms with Crippen molar-refractivity contribution in [2.24, 2.45) is 17.8 Å². The van der Waals surface area contributed by atoms with Crippen molar-refractivity contribution in [3.05, 3.63) is 11.1 Å². The van der Waals surface area contributed by atoms with Crippen LogP contribution in [-0.4, -0.2) is 28.9 Å². The zero-order valence-corrected chi connectivity index (χ0v) is 13.8. The summed E-state index contributed by atoms with van der Waals surface area (Å²) in [7, 11) is 0. The predicted molar refractivity (Wildman–Crippen MR) is 86.3 cm³/mol. The normalized spacial score (nSPS) is 27.3. The molecule has 116 valence electrons. The number of piperidine rings is 1. The van der Waals surface area contributed by atoms with Crippen LogP contribution in [0.1, 0.15) is 45.2 Å². The average molecular weight is 307 g/mol. The summed E-state index contributed by atoms with van der Waals surface area (Å²) in [5.74, 6) is 1.92. The molecule has 2 aliphatic rings. The van der Waals surface area contributed by atoms with Crippen molar-refractivity contribution < 1.29 is 4.79 Å². The van der Waals surface area contributed by atoms with Crippen LogP contribution in [0, 0.1) is 17.8 Å². The number of hydrogen-bond acceptors (Lipinski definition) is 4. The third kappa shape index (κ3) is 3.83. The number of carbonyl (C=O) groups excluding carboxylic acids is 1. The van der Waals surface area contributed by atoms with Gasteiger partial charge in [0.15, 0.2) is 5.13 Å². The van der Waals surface area contributed by atoms with Crippen LogP contribution in [0.2, 0.25) is 0 Å². The minimum absolute atomic E-state index is 0.155. The second-order valence-electron chi connectivity index (χ2n) is 6.90. The first-order valence-corrected chi connectivity index (χ1v) is 8.95. The Balaban J connectivity index is 1.53. The van der Waals surface area contributed by atoms with Gasteiger partial charge in [-0.15, -0.1) is 11.3 Å². The Labute approximate surface area is 130 Å². The molecule has 4 nitrogen and oxygen atoms in total. The molecular weight excluding hydrogens is 282 g/mol. The van der Waals surface area contributed by atoms with Gasteiger partial charge < -0.3 is 5.32 Å². The Morgan fingerprint density at radius 2 is 2.10 bits per heavy atom. The lowest BCUT2D eigenvalue weighted by Crippen LogP contribution is -2.38. The molecule has 0 radical (unpaired) electrons. The van der Waals surface area contributed by atoms with Crippen molar-refractivity contribution in [3.8, 4) is 0 Å². The van der Waals surface area contributed by atoms with Crippen molar-refractivity contribution in [2.45, 2.75) is 46.1 Å². The van der Waals surface area contributed by atoms with Gasteiger partial charge in [0.25, 0.3) is 0 Å². The molecule has 0 aromatic carbocycles. The summed E-state index contributed by atoms with van der Waals surface area (Å²) in [5.41, 5.74) is 1.09. The minimum atomic E-state index is 0.155. The molecule has 2 atom stereocenters. The topological polar surface area (TPSA) is 45.2 Å². The zero-order chi connectivity index (χ0) is 14.8. The lowest BCUT2D eigenvalue weighted by molar-refractivity contribution is -0.122. The van der Waals surface area contributed by atoms with Gasteiger partial charge >= 0.3 is 0 Å². The molecule has 1 saturated heterocycles. The van der Waals surface area contributed by atoms with Crippen molar-refractivity contribution in [1.29, 1.82) is 0 Å². The molecule has 2 fully saturated rings. The van der Waals surface area contributed by atoms with E-state index >= 15 is 0 Å². The van der Waals surface area contributed by atoms with Gasteiger partial charge in [0.2, 0.25) is 5.91 Å². The largest absolute Gasteiger partial charge is 0.302 e. The summed E-state index contributed by atoms with van der Waals surface area (Å²) in [4.78, 5) is 19.0. The maximum Gasteiger partial charge on any atom is 0.229 e. The molecule has 1 saturated carbocycles. The van der Waals surface area contributed by atoms with Gasteiger partial charge in [-0.05, 0) is 31.1 Å². The molecule has 0 bridgehead atoms. The smallest absolute Gasteiger partial charge is 0.229 e. The van der Waals surface area contributed by atoms with Gasteiger partial charge in [-0.2, -0.15) is 0 Å². The number of nitrogens with one attached hydrogen (secondary N) is 1. The van der Waals surface area contributed by atoms with Crippen molar-refractivity contribution >= 4 is 22.4 Å². The minimum Gasteiger partial charge on any atom is -0.302 e. The molecular formula is C16H25N3OS. The molecule has 1 aliphatic heterocycles. The van der Waals surface area contributed by atoms with Gasteiger partial charge in [-0.25, -0.2) is 4.98 Å². The number of amides is 1. The summed E-state index contributed by atoms with van der Waals surface area (Å²) in [5, 5.41) is 5.82. The van der Waals surface area contributed by atoms with Crippen LogP contribution in [0.15, 0.2) is 5.38 Å². The summed E-state index contributed by atoms with van der Waals surface area (Å²) < 4.78 is 0. The van der Waals surface area contributed by atoms with Gasteiger partial charge in [0.05, 0.1) is 5.69 Å². The van der Waals surface area contributed by atoms with E-state index in [1.54, 1.807) is 11.3 Å². The van der Waals surface area contributed by atoms with Crippen molar-refractivity contribution in [3.63, 3.8) is 0 Å². The average Bonchev–Trinajstić information content (AvgIpc) is 2.72. The van der Waals surface area contributed by atoms with E-state index in [0.717, 1.165) is 55.1 Å². The summed E-state index contributed by atoms with van der Waals surface area (Å²) in [6.07, 6.45) is 4.59. The highest BCUT2D eigenvalue weighted by atomic mass is 32.1. The summed E-state index contributed by atoms with van der Waals surface area (Å²) >= 11 is 1.55. The number of nitrogens with zero attached hydrogens (tertiary/aromatic N) is 2. The second kappa shape index (κ2) is 6.44. The number of anilines is 1. The number of rotatable bonds is 4. The van der Waals surface area contributed by atoms with E-state index < -0.39 is 0 Å². The number of hydrogen-bond donors (Lipinski definition) is 1. The maximum atomic E-state index is 11.9.